The number of thioether (sulfide) groups is 1. The molecule has 0 spiro atoms. The number of carbonyl (C=O) groups is 2. The molecule has 2 nitrogen and oxygen atoms in total. The van der Waals surface area contributed by atoms with Gasteiger partial charge in [-0.05, 0) is 18.2 Å². The van der Waals surface area contributed by atoms with Crippen LogP contribution in [-0.4, -0.2) is 17.2 Å². The van der Waals surface area contributed by atoms with Crippen LogP contribution in [0.3, 0.4) is 0 Å². The molecular formula is C13H9F3O2S. The molecule has 0 atom stereocenters. The van der Waals surface area contributed by atoms with Crippen molar-refractivity contribution in [3.8, 4) is 11.8 Å². The summed E-state index contributed by atoms with van der Waals surface area (Å²) < 4.78 is 37.7. The Morgan fingerprint density at radius 1 is 1.37 bits per heavy atom. The van der Waals surface area contributed by atoms with Gasteiger partial charge in [-0.25, -0.2) is 0 Å². The van der Waals surface area contributed by atoms with Crippen molar-refractivity contribution in [1.29, 1.82) is 0 Å². The molecule has 0 heterocycles. The van der Waals surface area contributed by atoms with Gasteiger partial charge in [-0.1, -0.05) is 23.6 Å². The summed E-state index contributed by atoms with van der Waals surface area (Å²) in [7, 11) is 0. The van der Waals surface area contributed by atoms with Gasteiger partial charge in [0.1, 0.15) is 6.29 Å². The standard InChI is InChI=1S/C13H9F3O2S/c1-9(18)19-4-2-3-10-5-11(8-17)7-12(6-10)13(14,15)16/h5-8H,4H2,1H3. The third kappa shape index (κ3) is 5.18. The van der Waals surface area contributed by atoms with Gasteiger partial charge >= 0.3 is 6.18 Å². The van der Waals surface area contributed by atoms with Crippen molar-refractivity contribution in [3.63, 3.8) is 0 Å². The monoisotopic (exact) mass is 286 g/mol. The zero-order chi connectivity index (χ0) is 14.5. The van der Waals surface area contributed by atoms with E-state index in [1.807, 2.05) is 0 Å². The van der Waals surface area contributed by atoms with E-state index in [1.165, 1.54) is 13.0 Å². The summed E-state index contributed by atoms with van der Waals surface area (Å²) in [4.78, 5) is 21.2. The molecule has 100 valence electrons. The Kier molecular flexibility index (Phi) is 5.19. The first-order valence-corrected chi connectivity index (χ1v) is 6.11. The van der Waals surface area contributed by atoms with Crippen molar-refractivity contribution in [3.05, 3.63) is 34.9 Å². The lowest BCUT2D eigenvalue weighted by atomic mass is 10.1. The third-order valence-corrected chi connectivity index (χ3v) is 2.69. The van der Waals surface area contributed by atoms with E-state index >= 15 is 0 Å². The van der Waals surface area contributed by atoms with Crippen molar-refractivity contribution in [2.75, 3.05) is 5.75 Å². The number of hydrogen-bond donors (Lipinski definition) is 0. The van der Waals surface area contributed by atoms with Gasteiger partial charge in [0.15, 0.2) is 5.12 Å². The lowest BCUT2D eigenvalue weighted by molar-refractivity contribution is -0.137. The van der Waals surface area contributed by atoms with Crippen LogP contribution in [0.15, 0.2) is 18.2 Å². The van der Waals surface area contributed by atoms with E-state index in [9.17, 15) is 22.8 Å². The number of carbonyl (C=O) groups excluding carboxylic acids is 2. The van der Waals surface area contributed by atoms with Gasteiger partial charge in [0.25, 0.3) is 0 Å². The Labute approximate surface area is 112 Å². The van der Waals surface area contributed by atoms with Crippen LogP contribution in [-0.2, 0) is 11.0 Å². The fourth-order valence-electron chi connectivity index (χ4n) is 1.23. The Bertz CT molecular complexity index is 553. The first-order chi connectivity index (χ1) is 8.82. The predicted octanol–water partition coefficient (Wildman–Crippen LogP) is 3.15. The highest BCUT2D eigenvalue weighted by Crippen LogP contribution is 2.30. The molecule has 1 aromatic carbocycles. The van der Waals surface area contributed by atoms with Crippen molar-refractivity contribution in [2.45, 2.75) is 13.1 Å². The van der Waals surface area contributed by atoms with Crippen LogP contribution in [0.1, 0.15) is 28.4 Å². The second-order valence-corrected chi connectivity index (χ2v) is 4.69. The summed E-state index contributed by atoms with van der Waals surface area (Å²) in [5, 5.41) is -0.119. The van der Waals surface area contributed by atoms with E-state index in [0.29, 0.717) is 6.29 Å². The highest BCUT2D eigenvalue weighted by molar-refractivity contribution is 8.13. The lowest BCUT2D eigenvalue weighted by Gasteiger charge is -2.07. The van der Waals surface area contributed by atoms with Crippen molar-refractivity contribution >= 4 is 23.2 Å². The third-order valence-electron chi connectivity index (χ3n) is 2.00. The molecule has 0 aliphatic rings. The summed E-state index contributed by atoms with van der Waals surface area (Å²) in [5.74, 6) is 5.27. The van der Waals surface area contributed by atoms with Crippen molar-refractivity contribution in [1.82, 2.24) is 0 Å². The van der Waals surface area contributed by atoms with Gasteiger partial charge in [0.05, 0.1) is 11.3 Å². The number of halogens is 3. The number of hydrogen-bond acceptors (Lipinski definition) is 3. The van der Waals surface area contributed by atoms with Crippen LogP contribution >= 0.6 is 11.8 Å². The minimum absolute atomic E-state index is 0.0849. The Morgan fingerprint density at radius 3 is 2.58 bits per heavy atom. The smallest absolute Gasteiger partial charge is 0.298 e. The molecule has 0 saturated heterocycles. The van der Waals surface area contributed by atoms with E-state index < -0.39 is 11.7 Å². The Hall–Kier alpha value is -1.74. The highest BCUT2D eigenvalue weighted by Gasteiger charge is 2.31. The largest absolute Gasteiger partial charge is 0.416 e. The van der Waals surface area contributed by atoms with Gasteiger partial charge in [0.2, 0.25) is 0 Å². The minimum atomic E-state index is -4.52. The molecule has 0 fully saturated rings. The molecule has 0 aliphatic heterocycles. The molecule has 0 bridgehead atoms. The summed E-state index contributed by atoms with van der Waals surface area (Å²) in [6, 6.07) is 2.91. The second kappa shape index (κ2) is 6.43. The zero-order valence-corrected chi connectivity index (χ0v) is 10.7. The van der Waals surface area contributed by atoms with E-state index in [4.69, 9.17) is 0 Å². The maximum Gasteiger partial charge on any atom is 0.416 e. The summed E-state index contributed by atoms with van der Waals surface area (Å²) in [5.41, 5.74) is -0.903. The quantitative estimate of drug-likeness (QED) is 0.618. The average molecular weight is 286 g/mol. The maximum absolute atomic E-state index is 12.6. The first kappa shape index (κ1) is 15.3. The molecule has 1 rings (SSSR count). The van der Waals surface area contributed by atoms with Gasteiger partial charge in [-0.2, -0.15) is 13.2 Å². The topological polar surface area (TPSA) is 34.1 Å². The molecule has 0 radical (unpaired) electrons. The SMILES string of the molecule is CC(=O)SCC#Cc1cc(C=O)cc(C(F)(F)F)c1. The average Bonchev–Trinajstić information content (AvgIpc) is 2.33. The molecule has 6 heteroatoms. The van der Waals surface area contributed by atoms with E-state index in [0.717, 1.165) is 23.9 Å². The summed E-state index contributed by atoms with van der Waals surface area (Å²) in [6.07, 6.45) is -4.19. The number of aldehydes is 1. The minimum Gasteiger partial charge on any atom is -0.298 e. The molecule has 0 unspecified atom stereocenters. The van der Waals surface area contributed by atoms with Gasteiger partial charge in [0, 0.05) is 18.1 Å². The number of rotatable bonds is 2. The number of alkyl halides is 3. The van der Waals surface area contributed by atoms with Crippen molar-refractivity contribution < 1.29 is 22.8 Å². The molecule has 19 heavy (non-hydrogen) atoms. The van der Waals surface area contributed by atoms with Crippen LogP contribution < -0.4 is 0 Å². The van der Waals surface area contributed by atoms with E-state index in [2.05, 4.69) is 11.8 Å². The van der Waals surface area contributed by atoms with E-state index in [-0.39, 0.29) is 22.0 Å². The molecule has 0 saturated carbocycles. The Balaban J connectivity index is 3.01. The fourth-order valence-corrected chi connectivity index (χ4v) is 1.58. The lowest BCUT2D eigenvalue weighted by Crippen LogP contribution is -2.06. The first-order valence-electron chi connectivity index (χ1n) is 5.12. The zero-order valence-electron chi connectivity index (χ0n) is 9.88. The molecule has 0 aliphatic carbocycles. The van der Waals surface area contributed by atoms with Gasteiger partial charge < -0.3 is 0 Å². The van der Waals surface area contributed by atoms with Crippen LogP contribution in [0.5, 0.6) is 0 Å². The Morgan fingerprint density at radius 2 is 2.05 bits per heavy atom. The van der Waals surface area contributed by atoms with Crippen LogP contribution in [0.2, 0.25) is 0 Å². The van der Waals surface area contributed by atoms with Crippen LogP contribution in [0.25, 0.3) is 0 Å². The number of benzene rings is 1. The van der Waals surface area contributed by atoms with Crippen LogP contribution in [0, 0.1) is 11.8 Å². The normalized spacial score (nSPS) is 10.5. The predicted molar refractivity (Wildman–Crippen MR) is 66.8 cm³/mol. The molecule has 1 aromatic rings. The fraction of sp³-hybridized carbons (Fsp3) is 0.231. The summed E-state index contributed by atoms with van der Waals surface area (Å²) in [6.45, 7) is 1.38. The second-order valence-electron chi connectivity index (χ2n) is 3.54. The van der Waals surface area contributed by atoms with Crippen molar-refractivity contribution in [2.24, 2.45) is 0 Å². The summed E-state index contributed by atoms with van der Waals surface area (Å²) >= 11 is 0.966. The molecule has 0 aromatic heterocycles. The van der Waals surface area contributed by atoms with E-state index in [1.54, 1.807) is 0 Å². The maximum atomic E-state index is 12.6. The van der Waals surface area contributed by atoms with Gasteiger partial charge in [-0.3, -0.25) is 9.59 Å². The van der Waals surface area contributed by atoms with Gasteiger partial charge in [-0.15, -0.1) is 0 Å². The molecule has 0 amide bonds. The molecular weight excluding hydrogens is 277 g/mol. The van der Waals surface area contributed by atoms with Crippen LogP contribution in [0.4, 0.5) is 13.2 Å². The highest BCUT2D eigenvalue weighted by atomic mass is 32.2. The molecule has 0 N–H and O–H groups in total.